The summed E-state index contributed by atoms with van der Waals surface area (Å²) in [5.74, 6) is -3.76. The van der Waals surface area contributed by atoms with Crippen LogP contribution < -0.4 is 16.0 Å². The van der Waals surface area contributed by atoms with E-state index in [1.54, 1.807) is 18.2 Å². The number of hydrogen-bond acceptors (Lipinski definition) is 5. The molecule has 1 atom stereocenters. The van der Waals surface area contributed by atoms with Crippen molar-refractivity contribution < 1.29 is 27.6 Å². The maximum Gasteiger partial charge on any atom is 0.269 e. The zero-order chi connectivity index (χ0) is 32.2. The largest absolute Gasteiger partial charge is 0.355 e. The van der Waals surface area contributed by atoms with Crippen molar-refractivity contribution in [1.82, 2.24) is 30.7 Å². The molecule has 1 saturated carbocycles. The van der Waals surface area contributed by atoms with E-state index in [1.807, 2.05) is 13.8 Å². The molecule has 4 aromatic rings. The van der Waals surface area contributed by atoms with E-state index >= 15 is 0 Å². The fourth-order valence-electron chi connectivity index (χ4n) is 5.01. The first-order valence-corrected chi connectivity index (χ1v) is 14.6. The highest BCUT2D eigenvalue weighted by atomic mass is 19.1. The third-order valence-electron chi connectivity index (χ3n) is 7.44. The molecule has 3 amide bonds. The van der Waals surface area contributed by atoms with Crippen LogP contribution in [0.25, 0.3) is 11.1 Å². The first kappa shape index (κ1) is 31.4. The van der Waals surface area contributed by atoms with Crippen molar-refractivity contribution in [3.63, 3.8) is 0 Å². The molecule has 1 aliphatic carbocycles. The third kappa shape index (κ3) is 7.57. The number of carbonyl (C=O) groups is 3. The van der Waals surface area contributed by atoms with Gasteiger partial charge in [0.25, 0.3) is 11.8 Å². The third-order valence-corrected chi connectivity index (χ3v) is 7.44. The van der Waals surface area contributed by atoms with Crippen molar-refractivity contribution in [1.29, 1.82) is 0 Å². The minimum Gasteiger partial charge on any atom is -0.355 e. The molecule has 1 aliphatic rings. The number of pyridine rings is 1. The van der Waals surface area contributed by atoms with Gasteiger partial charge in [0.2, 0.25) is 5.91 Å². The van der Waals surface area contributed by atoms with Crippen LogP contribution >= 0.6 is 0 Å². The van der Waals surface area contributed by atoms with Crippen LogP contribution in [-0.2, 0) is 17.8 Å². The smallest absolute Gasteiger partial charge is 0.269 e. The molecule has 9 nitrogen and oxygen atoms in total. The van der Waals surface area contributed by atoms with E-state index in [9.17, 15) is 27.6 Å². The quantitative estimate of drug-likeness (QED) is 0.223. The summed E-state index contributed by atoms with van der Waals surface area (Å²) < 4.78 is 44.2. The van der Waals surface area contributed by atoms with E-state index in [1.165, 1.54) is 30.1 Å². The lowest BCUT2D eigenvalue weighted by Crippen LogP contribution is -2.35. The molecule has 2 aromatic carbocycles. The van der Waals surface area contributed by atoms with E-state index in [2.05, 4.69) is 26.0 Å². The van der Waals surface area contributed by atoms with Crippen LogP contribution in [0.1, 0.15) is 76.4 Å². The Morgan fingerprint density at radius 3 is 2.38 bits per heavy atom. The van der Waals surface area contributed by atoms with Gasteiger partial charge in [-0.05, 0) is 72.7 Å². The molecule has 2 heterocycles. The highest BCUT2D eigenvalue weighted by molar-refractivity contribution is 5.96. The highest BCUT2D eigenvalue weighted by Crippen LogP contribution is 2.30. The van der Waals surface area contributed by atoms with Gasteiger partial charge in [-0.15, -0.1) is 0 Å². The van der Waals surface area contributed by atoms with Crippen LogP contribution in [0.2, 0.25) is 0 Å². The van der Waals surface area contributed by atoms with Gasteiger partial charge in [0.15, 0.2) is 0 Å². The Bertz CT molecular complexity index is 1730. The van der Waals surface area contributed by atoms with Gasteiger partial charge in [0.1, 0.15) is 29.7 Å². The minimum absolute atomic E-state index is 0.00359. The predicted octanol–water partition coefficient (Wildman–Crippen LogP) is 4.84. The number of aromatic nitrogens is 3. The fourth-order valence-corrected chi connectivity index (χ4v) is 5.01. The number of rotatable bonds is 11. The SMILES string of the molecule is CNC(=O)c1cc(-c2cccnc2[C@H](Cc2cc(F)cc(F)c2)NC(=O)Cn2nc(C(C)C)cc2C(=O)NC2CC2)ccc1F. The van der Waals surface area contributed by atoms with E-state index in [0.29, 0.717) is 22.5 Å². The van der Waals surface area contributed by atoms with Crippen molar-refractivity contribution in [2.75, 3.05) is 7.05 Å². The summed E-state index contributed by atoms with van der Waals surface area (Å²) in [6.45, 7) is 3.54. The highest BCUT2D eigenvalue weighted by Gasteiger charge is 2.28. The summed E-state index contributed by atoms with van der Waals surface area (Å²) in [5, 5.41) is 12.7. The lowest BCUT2D eigenvalue weighted by atomic mass is 9.94. The second-order valence-corrected chi connectivity index (χ2v) is 11.3. The van der Waals surface area contributed by atoms with Gasteiger partial charge < -0.3 is 16.0 Å². The van der Waals surface area contributed by atoms with E-state index < -0.39 is 35.3 Å². The lowest BCUT2D eigenvalue weighted by molar-refractivity contribution is -0.122. The number of halogens is 3. The Kier molecular flexibility index (Phi) is 9.31. The molecule has 0 saturated heterocycles. The number of amides is 3. The van der Waals surface area contributed by atoms with Crippen molar-refractivity contribution in [3.05, 3.63) is 106 Å². The maximum absolute atomic E-state index is 14.5. The van der Waals surface area contributed by atoms with Gasteiger partial charge in [-0.25, -0.2) is 13.2 Å². The predicted molar refractivity (Wildman–Crippen MR) is 161 cm³/mol. The molecule has 12 heteroatoms. The molecule has 2 aromatic heterocycles. The molecule has 234 valence electrons. The second kappa shape index (κ2) is 13.3. The van der Waals surface area contributed by atoms with Gasteiger partial charge >= 0.3 is 0 Å². The molecule has 0 spiro atoms. The fraction of sp³-hybridized carbons (Fsp3) is 0.303. The standard InChI is InChI=1S/C33H33F3N6O3/c1-18(2)27-16-29(33(45)39-23-7-8-23)42(41-27)17-30(43)40-28(13-19-11-21(34)15-22(35)12-19)31-24(5-4-10-38-31)20-6-9-26(36)25(14-20)32(44)37-3/h4-6,9-12,14-16,18,23,28H,7-8,13,17H2,1-3H3,(H,37,44)(H,39,45)(H,40,43)/t28-/m0/s1. The summed E-state index contributed by atoms with van der Waals surface area (Å²) in [5.41, 5.74) is 2.19. The summed E-state index contributed by atoms with van der Waals surface area (Å²) in [7, 11) is 1.39. The Balaban J connectivity index is 1.50. The number of nitrogens with one attached hydrogen (secondary N) is 3. The van der Waals surface area contributed by atoms with Crippen LogP contribution in [-0.4, -0.2) is 45.6 Å². The first-order valence-electron chi connectivity index (χ1n) is 14.6. The van der Waals surface area contributed by atoms with Crippen LogP contribution in [0.3, 0.4) is 0 Å². The minimum atomic E-state index is -0.924. The van der Waals surface area contributed by atoms with Gasteiger partial charge in [-0.3, -0.25) is 24.0 Å². The number of benzene rings is 2. The second-order valence-electron chi connectivity index (χ2n) is 11.3. The molecule has 0 bridgehead atoms. The number of carbonyl (C=O) groups excluding carboxylic acids is 3. The molecular weight excluding hydrogens is 585 g/mol. The normalized spacial score (nSPS) is 13.4. The van der Waals surface area contributed by atoms with Crippen LogP contribution in [0.15, 0.2) is 60.8 Å². The molecule has 45 heavy (non-hydrogen) atoms. The summed E-state index contributed by atoms with van der Waals surface area (Å²) >= 11 is 0. The summed E-state index contributed by atoms with van der Waals surface area (Å²) in [6.07, 6.45) is 3.23. The summed E-state index contributed by atoms with van der Waals surface area (Å²) in [4.78, 5) is 43.4. The molecule has 3 N–H and O–H groups in total. The van der Waals surface area contributed by atoms with Crippen molar-refractivity contribution in [3.8, 4) is 11.1 Å². The zero-order valence-electron chi connectivity index (χ0n) is 25.0. The zero-order valence-corrected chi connectivity index (χ0v) is 25.0. The van der Waals surface area contributed by atoms with E-state index in [4.69, 9.17) is 0 Å². The van der Waals surface area contributed by atoms with Gasteiger partial charge in [0, 0.05) is 30.9 Å². The number of nitrogens with zero attached hydrogens (tertiary/aromatic N) is 3. The summed E-state index contributed by atoms with van der Waals surface area (Å²) in [6, 6.07) is 11.3. The average molecular weight is 619 g/mol. The van der Waals surface area contributed by atoms with Crippen molar-refractivity contribution >= 4 is 17.7 Å². The van der Waals surface area contributed by atoms with E-state index in [-0.39, 0.29) is 47.7 Å². The monoisotopic (exact) mass is 618 g/mol. The van der Waals surface area contributed by atoms with Gasteiger partial charge in [0.05, 0.1) is 23.0 Å². The van der Waals surface area contributed by atoms with Crippen molar-refractivity contribution in [2.24, 2.45) is 0 Å². The first-order chi connectivity index (χ1) is 21.5. The van der Waals surface area contributed by atoms with E-state index in [0.717, 1.165) is 37.1 Å². The van der Waals surface area contributed by atoms with Gasteiger partial charge in [-0.1, -0.05) is 26.0 Å². The Labute approximate surface area is 258 Å². The molecule has 0 unspecified atom stereocenters. The molecular formula is C33H33F3N6O3. The Hall–Kier alpha value is -5.00. The van der Waals surface area contributed by atoms with Crippen LogP contribution in [0.4, 0.5) is 13.2 Å². The molecule has 5 rings (SSSR count). The van der Waals surface area contributed by atoms with Crippen LogP contribution in [0.5, 0.6) is 0 Å². The van der Waals surface area contributed by atoms with Crippen molar-refractivity contribution in [2.45, 2.75) is 57.7 Å². The number of hydrogen-bond donors (Lipinski definition) is 3. The molecule has 0 aliphatic heterocycles. The molecule has 1 fully saturated rings. The maximum atomic E-state index is 14.5. The average Bonchev–Trinajstić information content (AvgIpc) is 3.71. The van der Waals surface area contributed by atoms with Gasteiger partial charge in [-0.2, -0.15) is 5.10 Å². The topological polar surface area (TPSA) is 118 Å². The lowest BCUT2D eigenvalue weighted by Gasteiger charge is -2.22. The Morgan fingerprint density at radius 1 is 0.978 bits per heavy atom. The Morgan fingerprint density at radius 2 is 1.71 bits per heavy atom. The molecule has 0 radical (unpaired) electrons. The van der Waals surface area contributed by atoms with Crippen LogP contribution in [0, 0.1) is 17.5 Å².